The Bertz CT molecular complexity index is 4030. The van der Waals surface area contributed by atoms with Crippen LogP contribution in [0.2, 0.25) is 0 Å². The second kappa shape index (κ2) is 23.9. The maximum absolute atomic E-state index is 7.17. The van der Waals surface area contributed by atoms with Crippen molar-refractivity contribution in [1.82, 2.24) is 34.1 Å². The maximum Gasteiger partial charge on any atom is 2.00 e. The number of hydrogen-bond donors (Lipinski definition) is 0. The average Bonchev–Trinajstić information content (AvgIpc) is 4.33. The summed E-state index contributed by atoms with van der Waals surface area (Å²) in [7, 11) is 0. The first-order chi connectivity index (χ1) is 39.7. The van der Waals surface area contributed by atoms with E-state index in [1.54, 1.807) is 0 Å². The van der Waals surface area contributed by atoms with Gasteiger partial charge in [0.05, 0.1) is 22.7 Å². The minimum absolute atomic E-state index is 0. The smallest absolute Gasteiger partial charge is 0.497 e. The second-order valence-corrected chi connectivity index (χ2v) is 25.3. The number of hydrogen-bond acceptors (Lipinski definition) is 6. The summed E-state index contributed by atoms with van der Waals surface area (Å²) in [6.45, 7) is 31.6. The molecule has 0 fully saturated rings. The van der Waals surface area contributed by atoms with Gasteiger partial charge in [-0.3, -0.25) is 9.97 Å². The SMILES string of the molecule is CC(C)c1cc(-c2nc(-c3ccccc3)nc(-c3ccccc3)n2)cc(C(C)C)c1-n1ccnc1-c1[c-]c(Oc2[c-]c(-c3nc4ccccc4n3-c3c(C(C)C)cc(-c4ccccc4)cc3C(C)C)cc(C(C)(C)C)c2)cc(C(C)(C)C)c1.[Pt+2]. The molecule has 0 atom stereocenters. The molecule has 0 radical (unpaired) electrons. The minimum Gasteiger partial charge on any atom is -0.497 e. The van der Waals surface area contributed by atoms with Crippen molar-refractivity contribution >= 4 is 11.0 Å². The van der Waals surface area contributed by atoms with Gasteiger partial charge >= 0.3 is 21.1 Å². The molecule has 0 aliphatic heterocycles. The van der Waals surface area contributed by atoms with Crippen molar-refractivity contribution in [3.05, 3.63) is 222 Å². The average molecular weight is 1290 g/mol. The molecule has 8 nitrogen and oxygen atoms in total. The fraction of sp³-hybridized carbons (Fsp3) is 0.267. The van der Waals surface area contributed by atoms with E-state index in [-0.39, 0.29) is 55.6 Å². The fourth-order valence-corrected chi connectivity index (χ4v) is 11.1. The van der Waals surface area contributed by atoms with Gasteiger partial charge in [-0.25, -0.2) is 15.0 Å². The Morgan fingerprint density at radius 2 is 0.821 bits per heavy atom. The molecule has 0 saturated heterocycles. The van der Waals surface area contributed by atoms with Gasteiger partial charge in [-0.1, -0.05) is 224 Å². The molecule has 11 aromatic rings. The first kappa shape index (κ1) is 59.1. The Morgan fingerprint density at radius 3 is 1.29 bits per heavy atom. The van der Waals surface area contributed by atoms with Crippen LogP contribution in [0.5, 0.6) is 11.5 Å². The Hall–Kier alpha value is -8.06. The monoisotopic (exact) mass is 1280 g/mol. The van der Waals surface area contributed by atoms with E-state index in [9.17, 15) is 0 Å². The number of nitrogens with zero attached hydrogens (tertiary/aromatic N) is 7. The number of rotatable bonds is 14. The standard InChI is InChI=1S/C75H75N7O.Pt/c1-46(2)61-42-54(71-79-69(51-28-20-16-21-29-51)78-70(80-71)52-30-22-17-23-31-52)43-62(47(3)4)67(61)81-35-34-76-72(81)55-36-57(74(9,10)11)44-59(38-55)83-60-39-56(37-58(45-60)75(12,13)14)73-77-65-32-24-25-33-66(65)82(73)68-63(48(5)6)40-53(41-64(68)49(7)8)50-26-18-15-19-27-50;/h15-37,40-49H,1-14H3;/q-2;+2. The normalized spacial score (nSPS) is 12.0. The maximum atomic E-state index is 7.17. The van der Waals surface area contributed by atoms with E-state index < -0.39 is 0 Å². The zero-order chi connectivity index (χ0) is 58.5. The van der Waals surface area contributed by atoms with Crippen LogP contribution < -0.4 is 4.74 Å². The topological polar surface area (TPSA) is 83.5 Å². The molecule has 84 heavy (non-hydrogen) atoms. The number of benzene rings is 8. The summed E-state index contributed by atoms with van der Waals surface area (Å²) in [5.74, 6) is 5.30. The van der Waals surface area contributed by atoms with E-state index >= 15 is 0 Å². The number of para-hydroxylation sites is 2. The molecule has 0 aliphatic rings. The molecule has 426 valence electrons. The summed E-state index contributed by atoms with van der Waals surface area (Å²) in [5, 5.41) is 0. The van der Waals surface area contributed by atoms with E-state index in [4.69, 9.17) is 29.7 Å². The van der Waals surface area contributed by atoms with Crippen molar-refractivity contribution in [2.45, 2.75) is 131 Å². The zero-order valence-electron chi connectivity index (χ0n) is 50.9. The van der Waals surface area contributed by atoms with E-state index in [1.807, 2.05) is 66.9 Å². The van der Waals surface area contributed by atoms with Gasteiger partial charge < -0.3 is 13.9 Å². The van der Waals surface area contributed by atoms with Crippen LogP contribution in [-0.2, 0) is 31.9 Å². The van der Waals surface area contributed by atoms with Gasteiger partial charge in [-0.2, -0.15) is 0 Å². The van der Waals surface area contributed by atoms with Crippen molar-refractivity contribution in [3.63, 3.8) is 0 Å². The molecule has 0 spiro atoms. The molecule has 0 saturated carbocycles. The summed E-state index contributed by atoms with van der Waals surface area (Å²) in [6.07, 6.45) is 3.97. The Labute approximate surface area is 511 Å². The third-order valence-corrected chi connectivity index (χ3v) is 15.7. The van der Waals surface area contributed by atoms with E-state index in [1.165, 1.54) is 22.3 Å². The zero-order valence-corrected chi connectivity index (χ0v) is 53.2. The Kier molecular flexibility index (Phi) is 16.8. The van der Waals surface area contributed by atoms with Crippen LogP contribution in [0.3, 0.4) is 0 Å². The van der Waals surface area contributed by atoms with Gasteiger partial charge in [0.1, 0.15) is 0 Å². The molecule has 0 bridgehead atoms. The van der Waals surface area contributed by atoms with Crippen LogP contribution in [0.15, 0.2) is 176 Å². The van der Waals surface area contributed by atoms with Gasteiger partial charge in [-0.05, 0) is 104 Å². The van der Waals surface area contributed by atoms with Gasteiger partial charge in [0.25, 0.3) is 0 Å². The summed E-state index contributed by atoms with van der Waals surface area (Å²) < 4.78 is 11.8. The van der Waals surface area contributed by atoms with Crippen LogP contribution in [-0.4, -0.2) is 34.1 Å². The molecule has 8 aromatic carbocycles. The quantitative estimate of drug-likeness (QED) is 0.101. The third kappa shape index (κ3) is 12.0. The van der Waals surface area contributed by atoms with E-state index in [0.29, 0.717) is 29.0 Å². The molecule has 9 heteroatoms. The molecular weight excluding hydrogens is 1210 g/mol. The predicted molar refractivity (Wildman–Crippen MR) is 342 cm³/mol. The van der Waals surface area contributed by atoms with Crippen LogP contribution in [0.4, 0.5) is 0 Å². The van der Waals surface area contributed by atoms with Crippen molar-refractivity contribution in [1.29, 1.82) is 0 Å². The number of aromatic nitrogens is 7. The second-order valence-electron chi connectivity index (χ2n) is 25.3. The number of imidazole rings is 2. The van der Waals surface area contributed by atoms with Crippen molar-refractivity contribution in [2.75, 3.05) is 0 Å². The van der Waals surface area contributed by atoms with E-state index in [2.05, 4.69) is 228 Å². The van der Waals surface area contributed by atoms with Crippen LogP contribution in [0.1, 0.15) is 154 Å². The van der Waals surface area contributed by atoms with Crippen LogP contribution in [0.25, 0.3) is 90.5 Å². The van der Waals surface area contributed by atoms with Gasteiger partial charge in [0, 0.05) is 52.0 Å². The Balaban J connectivity index is 0.00000786. The van der Waals surface area contributed by atoms with Gasteiger partial charge in [0.15, 0.2) is 17.5 Å². The summed E-state index contributed by atoms with van der Waals surface area (Å²) in [6, 6.07) is 65.1. The van der Waals surface area contributed by atoms with Crippen molar-refractivity contribution < 1.29 is 25.8 Å². The molecule has 0 N–H and O–H groups in total. The predicted octanol–water partition coefficient (Wildman–Crippen LogP) is 19.9. The number of ether oxygens (including phenoxy) is 1. The fourth-order valence-electron chi connectivity index (χ4n) is 11.1. The molecule has 0 unspecified atom stereocenters. The first-order valence-corrected chi connectivity index (χ1v) is 29.3. The molecular formula is C75H75N7OPt. The largest absolute Gasteiger partial charge is 2.00 e. The molecule has 0 aliphatic carbocycles. The first-order valence-electron chi connectivity index (χ1n) is 29.3. The van der Waals surface area contributed by atoms with E-state index in [0.717, 1.165) is 84.1 Å². The summed E-state index contributed by atoms with van der Waals surface area (Å²) in [5.41, 5.74) is 17.6. The number of fused-ring (bicyclic) bond motifs is 1. The molecule has 0 amide bonds. The Morgan fingerprint density at radius 1 is 0.417 bits per heavy atom. The van der Waals surface area contributed by atoms with Crippen molar-refractivity contribution in [3.8, 4) is 90.9 Å². The molecule has 3 aromatic heterocycles. The summed E-state index contributed by atoms with van der Waals surface area (Å²) in [4.78, 5) is 26.0. The van der Waals surface area contributed by atoms with Gasteiger partial charge in [0.2, 0.25) is 0 Å². The summed E-state index contributed by atoms with van der Waals surface area (Å²) >= 11 is 0. The molecule has 11 rings (SSSR count). The molecule has 3 heterocycles. The van der Waals surface area contributed by atoms with Crippen LogP contribution >= 0.6 is 0 Å². The van der Waals surface area contributed by atoms with Crippen LogP contribution in [0, 0.1) is 12.1 Å². The minimum atomic E-state index is -0.250. The van der Waals surface area contributed by atoms with Gasteiger partial charge in [-0.15, -0.1) is 34.4 Å². The van der Waals surface area contributed by atoms with Crippen molar-refractivity contribution in [2.24, 2.45) is 0 Å². The third-order valence-electron chi connectivity index (χ3n) is 15.7.